The molecule has 1 aromatic heterocycles. The maximum absolute atomic E-state index is 12.7. The minimum Gasteiger partial charge on any atom is -0.313 e. The molecule has 0 amide bonds. The van der Waals surface area contributed by atoms with Gasteiger partial charge < -0.3 is 5.32 Å². The minimum atomic E-state index is -3.68. The predicted octanol–water partition coefficient (Wildman–Crippen LogP) is -0.477. The summed E-state index contributed by atoms with van der Waals surface area (Å²) in [6, 6.07) is 1.36. The normalized spacial score (nSPS) is 21.3. The summed E-state index contributed by atoms with van der Waals surface area (Å²) < 4.78 is 28.2. The lowest BCUT2D eigenvalue weighted by molar-refractivity contribution is 0.311. The molecule has 19 heavy (non-hydrogen) atoms. The van der Waals surface area contributed by atoms with Crippen molar-refractivity contribution in [2.75, 3.05) is 19.6 Å². The standard InChI is InChI=1S/C11H17N5O2S/c1-8-11(9(2)15(3)14-8)19(17,18)16-5-4-13-7-10(16)6-12/h10,13H,4-5,7H2,1-3H3. The molecule has 0 bridgehead atoms. The van der Waals surface area contributed by atoms with Crippen molar-refractivity contribution < 1.29 is 8.42 Å². The van der Waals surface area contributed by atoms with Crippen LogP contribution in [0, 0.1) is 25.2 Å². The van der Waals surface area contributed by atoms with Gasteiger partial charge in [-0.3, -0.25) is 4.68 Å². The first kappa shape index (κ1) is 14.0. The van der Waals surface area contributed by atoms with Crippen molar-refractivity contribution in [3.8, 4) is 6.07 Å². The van der Waals surface area contributed by atoms with Crippen molar-refractivity contribution in [1.29, 1.82) is 5.26 Å². The number of sulfonamides is 1. The van der Waals surface area contributed by atoms with Gasteiger partial charge >= 0.3 is 0 Å². The van der Waals surface area contributed by atoms with Gasteiger partial charge in [0.2, 0.25) is 10.0 Å². The summed E-state index contributed by atoms with van der Waals surface area (Å²) in [6.45, 7) is 4.60. The fourth-order valence-electron chi connectivity index (χ4n) is 2.33. The Morgan fingerprint density at radius 3 is 2.68 bits per heavy atom. The van der Waals surface area contributed by atoms with E-state index in [1.165, 1.54) is 4.31 Å². The molecule has 0 saturated carbocycles. The molecule has 1 unspecified atom stereocenters. The summed E-state index contributed by atoms with van der Waals surface area (Å²) >= 11 is 0. The molecule has 8 heteroatoms. The Morgan fingerprint density at radius 1 is 1.47 bits per heavy atom. The second-order valence-corrected chi connectivity index (χ2v) is 6.42. The molecule has 104 valence electrons. The lowest BCUT2D eigenvalue weighted by Gasteiger charge is -2.30. The van der Waals surface area contributed by atoms with Crippen molar-refractivity contribution in [3.63, 3.8) is 0 Å². The highest BCUT2D eigenvalue weighted by molar-refractivity contribution is 7.89. The Bertz CT molecular complexity index is 628. The van der Waals surface area contributed by atoms with Gasteiger partial charge in [0.25, 0.3) is 0 Å². The van der Waals surface area contributed by atoms with Crippen LogP contribution in [0.3, 0.4) is 0 Å². The average molecular weight is 283 g/mol. The monoisotopic (exact) mass is 283 g/mol. The van der Waals surface area contributed by atoms with E-state index in [0.717, 1.165) is 0 Å². The van der Waals surface area contributed by atoms with Crippen molar-refractivity contribution in [2.24, 2.45) is 7.05 Å². The molecule has 0 aromatic carbocycles. The summed E-state index contributed by atoms with van der Waals surface area (Å²) in [5, 5.41) is 16.3. The average Bonchev–Trinajstić information content (AvgIpc) is 2.63. The first-order valence-electron chi connectivity index (χ1n) is 6.02. The molecule has 0 radical (unpaired) electrons. The number of aromatic nitrogens is 2. The minimum absolute atomic E-state index is 0.220. The number of nitrogens with one attached hydrogen (secondary N) is 1. The van der Waals surface area contributed by atoms with Crippen LogP contribution in [0.25, 0.3) is 0 Å². The second-order valence-electron chi connectivity index (χ2n) is 4.59. The van der Waals surface area contributed by atoms with Crippen LogP contribution in [0.15, 0.2) is 4.90 Å². The van der Waals surface area contributed by atoms with E-state index in [-0.39, 0.29) is 4.90 Å². The van der Waals surface area contributed by atoms with Crippen molar-refractivity contribution >= 4 is 10.0 Å². The van der Waals surface area contributed by atoms with Crippen LogP contribution in [0.4, 0.5) is 0 Å². The van der Waals surface area contributed by atoms with E-state index >= 15 is 0 Å². The Hall–Kier alpha value is -1.43. The third-order valence-electron chi connectivity index (χ3n) is 3.35. The van der Waals surface area contributed by atoms with Gasteiger partial charge in [-0.15, -0.1) is 0 Å². The summed E-state index contributed by atoms with van der Waals surface area (Å²) in [5.41, 5.74) is 1.06. The third-order valence-corrected chi connectivity index (χ3v) is 5.51. The molecule has 2 heterocycles. The van der Waals surface area contributed by atoms with Crippen LogP contribution in [0.1, 0.15) is 11.4 Å². The first-order valence-corrected chi connectivity index (χ1v) is 7.46. The molecule has 1 atom stereocenters. The van der Waals surface area contributed by atoms with Gasteiger partial charge in [-0.2, -0.15) is 14.7 Å². The Labute approximate surface area is 112 Å². The molecule has 0 spiro atoms. The predicted molar refractivity (Wildman–Crippen MR) is 68.8 cm³/mol. The fourth-order valence-corrected chi connectivity index (χ4v) is 4.27. The van der Waals surface area contributed by atoms with Crippen LogP contribution in [-0.4, -0.2) is 48.2 Å². The number of nitriles is 1. The van der Waals surface area contributed by atoms with Crippen LogP contribution in [-0.2, 0) is 17.1 Å². The number of nitrogens with zero attached hydrogens (tertiary/aromatic N) is 4. The van der Waals surface area contributed by atoms with E-state index in [0.29, 0.717) is 31.0 Å². The van der Waals surface area contributed by atoms with Gasteiger partial charge in [-0.1, -0.05) is 0 Å². The summed E-state index contributed by atoms with van der Waals surface area (Å²) in [7, 11) is -1.97. The summed E-state index contributed by atoms with van der Waals surface area (Å²) in [5.74, 6) is 0. The lowest BCUT2D eigenvalue weighted by atomic mass is 10.3. The molecular weight excluding hydrogens is 266 g/mol. The Balaban J connectivity index is 2.50. The Kier molecular flexibility index (Phi) is 3.62. The smallest absolute Gasteiger partial charge is 0.248 e. The topological polar surface area (TPSA) is 91.0 Å². The van der Waals surface area contributed by atoms with E-state index in [4.69, 9.17) is 5.26 Å². The van der Waals surface area contributed by atoms with Gasteiger partial charge in [0, 0.05) is 26.7 Å². The lowest BCUT2D eigenvalue weighted by Crippen LogP contribution is -2.53. The highest BCUT2D eigenvalue weighted by Gasteiger charge is 2.36. The number of hydrogen-bond acceptors (Lipinski definition) is 5. The van der Waals surface area contributed by atoms with E-state index in [2.05, 4.69) is 10.4 Å². The van der Waals surface area contributed by atoms with Crippen molar-refractivity contribution in [2.45, 2.75) is 24.8 Å². The molecule has 1 saturated heterocycles. The molecule has 1 aliphatic rings. The van der Waals surface area contributed by atoms with Crippen LogP contribution in [0.5, 0.6) is 0 Å². The Morgan fingerprint density at radius 2 is 2.16 bits per heavy atom. The summed E-state index contributed by atoms with van der Waals surface area (Å²) in [4.78, 5) is 0.220. The zero-order chi connectivity index (χ0) is 14.2. The highest BCUT2D eigenvalue weighted by atomic mass is 32.2. The van der Waals surface area contributed by atoms with Crippen LogP contribution < -0.4 is 5.32 Å². The van der Waals surface area contributed by atoms with Crippen molar-refractivity contribution in [1.82, 2.24) is 19.4 Å². The zero-order valence-corrected chi connectivity index (χ0v) is 12.0. The van der Waals surface area contributed by atoms with Gasteiger partial charge in [0.05, 0.1) is 17.5 Å². The van der Waals surface area contributed by atoms with Crippen LogP contribution in [0.2, 0.25) is 0 Å². The highest BCUT2D eigenvalue weighted by Crippen LogP contribution is 2.24. The molecular formula is C11H17N5O2S. The number of rotatable bonds is 2. The van der Waals surface area contributed by atoms with Gasteiger partial charge in [0.15, 0.2) is 0 Å². The van der Waals surface area contributed by atoms with Crippen molar-refractivity contribution in [3.05, 3.63) is 11.4 Å². The molecule has 0 aliphatic carbocycles. The SMILES string of the molecule is Cc1nn(C)c(C)c1S(=O)(=O)N1CCNCC1C#N. The van der Waals surface area contributed by atoms with E-state index in [1.807, 2.05) is 6.07 Å². The van der Waals surface area contributed by atoms with Gasteiger partial charge in [0.1, 0.15) is 10.9 Å². The molecule has 1 aromatic rings. The number of aryl methyl sites for hydroxylation is 2. The van der Waals surface area contributed by atoms with Crippen LogP contribution >= 0.6 is 0 Å². The largest absolute Gasteiger partial charge is 0.313 e. The zero-order valence-electron chi connectivity index (χ0n) is 11.2. The summed E-state index contributed by atoms with van der Waals surface area (Å²) in [6.07, 6.45) is 0. The maximum atomic E-state index is 12.7. The van der Waals surface area contributed by atoms with E-state index in [9.17, 15) is 8.42 Å². The third kappa shape index (κ3) is 2.25. The second kappa shape index (κ2) is 4.92. The van der Waals surface area contributed by atoms with E-state index in [1.54, 1.807) is 25.6 Å². The first-order chi connectivity index (χ1) is 8.89. The quantitative estimate of drug-likeness (QED) is 0.792. The number of hydrogen-bond donors (Lipinski definition) is 1. The molecule has 1 N–H and O–H groups in total. The van der Waals surface area contributed by atoms with E-state index < -0.39 is 16.1 Å². The fraction of sp³-hybridized carbons (Fsp3) is 0.636. The maximum Gasteiger partial charge on any atom is 0.248 e. The van der Waals surface area contributed by atoms with Gasteiger partial charge in [-0.05, 0) is 13.8 Å². The molecule has 1 aliphatic heterocycles. The molecule has 1 fully saturated rings. The molecule has 2 rings (SSSR count). The molecule has 7 nitrogen and oxygen atoms in total. The number of piperazine rings is 1. The van der Waals surface area contributed by atoms with Gasteiger partial charge in [-0.25, -0.2) is 8.42 Å².